The molecule has 5 heteroatoms. The number of rotatable bonds is 11. The van der Waals surface area contributed by atoms with Crippen LogP contribution in [0.5, 0.6) is 5.75 Å². The zero-order chi connectivity index (χ0) is 21.9. The number of hydrogen-bond acceptors (Lipinski definition) is 4. The van der Waals surface area contributed by atoms with E-state index in [2.05, 4.69) is 54.0 Å². The van der Waals surface area contributed by atoms with Crippen LogP contribution in [0, 0.1) is 0 Å². The van der Waals surface area contributed by atoms with Gasteiger partial charge < -0.3 is 14.2 Å². The maximum atomic E-state index is 12.0. The van der Waals surface area contributed by atoms with Gasteiger partial charge in [0.2, 0.25) is 0 Å². The molecular weight excluding hydrogens is 444 g/mol. The molecule has 0 bridgehead atoms. The van der Waals surface area contributed by atoms with Crippen LogP contribution in [0.25, 0.3) is 5.57 Å². The summed E-state index contributed by atoms with van der Waals surface area (Å²) in [4.78, 5) is 12.0. The Hall–Kier alpha value is -2.11. The quantitative estimate of drug-likeness (QED) is 0.362. The fourth-order valence-electron chi connectivity index (χ4n) is 3.13. The Morgan fingerprint density at radius 3 is 2.20 bits per heavy atom. The minimum absolute atomic E-state index is 0.319. The molecule has 1 atom stereocenters. The summed E-state index contributed by atoms with van der Waals surface area (Å²) >= 11 is 3.48. The smallest absolute Gasteiger partial charge is 0.335 e. The lowest BCUT2D eigenvalue weighted by Crippen LogP contribution is -2.28. The van der Waals surface area contributed by atoms with Gasteiger partial charge in [0, 0.05) is 17.5 Å². The normalized spacial score (nSPS) is 12.8. The Kier molecular flexibility index (Phi) is 10.1. The van der Waals surface area contributed by atoms with Crippen LogP contribution in [0.3, 0.4) is 0 Å². The standard InChI is InChI=1S/C25H31BrO4/c1-5-20(18(4)21-10-12-22(26)13-11-21)17-30-23-14-8-19(9-15-23)16-24(28-6-2)25(27)29-7-3/h8-15,24H,5-7,16-17H2,1-4H3/b20-18-/t24-/m0/s1. The number of allylic oxidation sites excluding steroid dienone is 1. The van der Waals surface area contributed by atoms with Crippen LogP contribution in [-0.4, -0.2) is 31.9 Å². The molecule has 0 saturated carbocycles. The molecule has 2 aromatic rings. The van der Waals surface area contributed by atoms with E-state index in [-0.39, 0.29) is 5.97 Å². The second-order valence-corrected chi connectivity index (χ2v) is 7.84. The van der Waals surface area contributed by atoms with E-state index >= 15 is 0 Å². The van der Waals surface area contributed by atoms with Gasteiger partial charge in [-0.3, -0.25) is 0 Å². The lowest BCUT2D eigenvalue weighted by Gasteiger charge is -2.16. The fourth-order valence-corrected chi connectivity index (χ4v) is 3.40. The van der Waals surface area contributed by atoms with Gasteiger partial charge in [-0.2, -0.15) is 0 Å². The van der Waals surface area contributed by atoms with Gasteiger partial charge in [-0.25, -0.2) is 4.79 Å². The summed E-state index contributed by atoms with van der Waals surface area (Å²) in [6.45, 7) is 9.31. The van der Waals surface area contributed by atoms with Crippen molar-refractivity contribution >= 4 is 27.5 Å². The first kappa shape index (κ1) is 24.2. The van der Waals surface area contributed by atoms with Crippen molar-refractivity contribution in [3.05, 3.63) is 69.7 Å². The molecule has 0 amide bonds. The van der Waals surface area contributed by atoms with Gasteiger partial charge in [0.1, 0.15) is 12.4 Å². The van der Waals surface area contributed by atoms with Crippen LogP contribution in [0.4, 0.5) is 0 Å². The molecule has 0 saturated heterocycles. The molecule has 0 unspecified atom stereocenters. The van der Waals surface area contributed by atoms with E-state index in [0.717, 1.165) is 22.2 Å². The van der Waals surface area contributed by atoms with Crippen LogP contribution in [0.15, 0.2) is 58.6 Å². The van der Waals surface area contributed by atoms with E-state index in [9.17, 15) is 4.79 Å². The van der Waals surface area contributed by atoms with Crippen LogP contribution in [0.1, 0.15) is 45.2 Å². The van der Waals surface area contributed by atoms with Crippen molar-refractivity contribution in [2.24, 2.45) is 0 Å². The van der Waals surface area contributed by atoms with Crippen molar-refractivity contribution < 1.29 is 19.0 Å². The molecule has 2 aromatic carbocycles. The van der Waals surface area contributed by atoms with Gasteiger partial charge in [-0.05, 0) is 73.7 Å². The van der Waals surface area contributed by atoms with Crippen molar-refractivity contribution in [2.45, 2.75) is 46.6 Å². The van der Waals surface area contributed by atoms with Crippen molar-refractivity contribution in [2.75, 3.05) is 19.8 Å². The Morgan fingerprint density at radius 2 is 1.63 bits per heavy atom. The number of carbonyl (C=O) groups is 1. The highest BCUT2D eigenvalue weighted by atomic mass is 79.9. The van der Waals surface area contributed by atoms with E-state index in [4.69, 9.17) is 14.2 Å². The third kappa shape index (κ3) is 7.29. The summed E-state index contributed by atoms with van der Waals surface area (Å²) in [7, 11) is 0. The number of halogens is 1. The number of hydrogen-bond donors (Lipinski definition) is 0. The summed E-state index contributed by atoms with van der Waals surface area (Å²) in [6.07, 6.45) is 0.829. The molecule has 0 aromatic heterocycles. The number of carbonyl (C=O) groups excluding carboxylic acids is 1. The average molecular weight is 475 g/mol. The highest BCUT2D eigenvalue weighted by molar-refractivity contribution is 9.10. The maximum Gasteiger partial charge on any atom is 0.335 e. The lowest BCUT2D eigenvalue weighted by atomic mass is 10.0. The topological polar surface area (TPSA) is 44.8 Å². The van der Waals surface area contributed by atoms with Crippen LogP contribution in [-0.2, 0) is 20.7 Å². The van der Waals surface area contributed by atoms with Crippen LogP contribution >= 0.6 is 15.9 Å². The summed E-state index contributed by atoms with van der Waals surface area (Å²) in [5.74, 6) is 0.484. The van der Waals surface area contributed by atoms with Gasteiger partial charge in [0.15, 0.2) is 6.10 Å². The molecular formula is C25H31BrO4. The predicted octanol–water partition coefficient (Wildman–Crippen LogP) is 6.22. The molecule has 0 aliphatic carbocycles. The lowest BCUT2D eigenvalue weighted by molar-refractivity contribution is -0.156. The molecule has 0 aliphatic rings. The number of ether oxygens (including phenoxy) is 3. The zero-order valence-corrected chi connectivity index (χ0v) is 19.8. The molecule has 0 spiro atoms. The molecule has 4 nitrogen and oxygen atoms in total. The Bertz CT molecular complexity index is 825. The summed E-state index contributed by atoms with van der Waals surface area (Å²) < 4.78 is 17.7. The molecule has 30 heavy (non-hydrogen) atoms. The Morgan fingerprint density at radius 1 is 0.967 bits per heavy atom. The minimum Gasteiger partial charge on any atom is -0.489 e. The van der Waals surface area contributed by atoms with Gasteiger partial charge in [0.05, 0.1) is 6.61 Å². The molecule has 0 aliphatic heterocycles. The first-order chi connectivity index (χ1) is 14.5. The van der Waals surface area contributed by atoms with Crippen LogP contribution < -0.4 is 4.74 Å². The zero-order valence-electron chi connectivity index (χ0n) is 18.2. The van der Waals surface area contributed by atoms with Crippen LogP contribution in [0.2, 0.25) is 0 Å². The maximum absolute atomic E-state index is 12.0. The minimum atomic E-state index is -0.579. The number of esters is 1. The second-order valence-electron chi connectivity index (χ2n) is 6.92. The Balaban J connectivity index is 2.01. The van der Waals surface area contributed by atoms with E-state index in [0.29, 0.717) is 26.2 Å². The van der Waals surface area contributed by atoms with Gasteiger partial charge >= 0.3 is 5.97 Å². The first-order valence-corrected chi connectivity index (χ1v) is 11.2. The van der Waals surface area contributed by atoms with Gasteiger partial charge in [-0.15, -0.1) is 0 Å². The average Bonchev–Trinajstić information content (AvgIpc) is 2.75. The van der Waals surface area contributed by atoms with Crippen molar-refractivity contribution in [3.63, 3.8) is 0 Å². The molecule has 0 radical (unpaired) electrons. The van der Waals surface area contributed by atoms with Gasteiger partial charge in [0.25, 0.3) is 0 Å². The summed E-state index contributed by atoms with van der Waals surface area (Å²) in [5.41, 5.74) is 4.72. The second kappa shape index (κ2) is 12.6. The van der Waals surface area contributed by atoms with Gasteiger partial charge in [-0.1, -0.05) is 47.1 Å². The third-order valence-electron chi connectivity index (χ3n) is 4.91. The predicted molar refractivity (Wildman–Crippen MR) is 125 cm³/mol. The molecule has 0 N–H and O–H groups in total. The molecule has 162 valence electrons. The van der Waals surface area contributed by atoms with E-state index in [1.54, 1.807) is 6.92 Å². The Labute approximate surface area is 188 Å². The van der Waals surface area contributed by atoms with E-state index in [1.165, 1.54) is 16.7 Å². The monoisotopic (exact) mass is 474 g/mol. The molecule has 0 heterocycles. The van der Waals surface area contributed by atoms with Crippen molar-refractivity contribution in [3.8, 4) is 5.75 Å². The van der Waals surface area contributed by atoms with Crippen molar-refractivity contribution in [1.29, 1.82) is 0 Å². The van der Waals surface area contributed by atoms with E-state index < -0.39 is 6.10 Å². The SMILES string of the molecule is CCOC(=O)[C@H](Cc1ccc(OC/C(CC)=C(/C)c2ccc(Br)cc2)cc1)OCC. The largest absolute Gasteiger partial charge is 0.489 e. The molecule has 0 fully saturated rings. The van der Waals surface area contributed by atoms with Crippen molar-refractivity contribution in [1.82, 2.24) is 0 Å². The third-order valence-corrected chi connectivity index (χ3v) is 5.44. The first-order valence-electron chi connectivity index (χ1n) is 10.4. The summed E-state index contributed by atoms with van der Waals surface area (Å²) in [6, 6.07) is 16.1. The van der Waals surface area contributed by atoms with E-state index in [1.807, 2.05) is 31.2 Å². The molecule has 2 rings (SSSR count). The summed E-state index contributed by atoms with van der Waals surface area (Å²) in [5, 5.41) is 0. The highest BCUT2D eigenvalue weighted by Gasteiger charge is 2.20. The number of benzene rings is 2. The fraction of sp³-hybridized carbons (Fsp3) is 0.400. The highest BCUT2D eigenvalue weighted by Crippen LogP contribution is 2.24.